The van der Waals surface area contributed by atoms with E-state index >= 15 is 0 Å². The van der Waals surface area contributed by atoms with Crippen LogP contribution in [0.15, 0.2) is 28.2 Å². The van der Waals surface area contributed by atoms with Crippen LogP contribution in [0.1, 0.15) is 30.0 Å². The lowest BCUT2D eigenvalue weighted by Gasteiger charge is -2.17. The predicted octanol–water partition coefficient (Wildman–Crippen LogP) is 3.43. The Hall–Kier alpha value is -0.650. The van der Waals surface area contributed by atoms with E-state index in [0.29, 0.717) is 0 Å². The SMILES string of the molecule is CCCn1ncc(Br)c1C(NC)c1cccs1. The summed E-state index contributed by atoms with van der Waals surface area (Å²) in [7, 11) is 1.99. The number of halogens is 1. The van der Waals surface area contributed by atoms with Gasteiger partial charge in [-0.05, 0) is 40.8 Å². The van der Waals surface area contributed by atoms with E-state index in [-0.39, 0.29) is 6.04 Å². The highest BCUT2D eigenvalue weighted by molar-refractivity contribution is 9.10. The Labute approximate surface area is 114 Å². The Morgan fingerprint density at radius 2 is 2.41 bits per heavy atom. The average Bonchev–Trinajstić information content (AvgIpc) is 2.94. The molecule has 0 radical (unpaired) electrons. The van der Waals surface area contributed by atoms with Gasteiger partial charge in [-0.3, -0.25) is 4.68 Å². The topological polar surface area (TPSA) is 29.9 Å². The zero-order valence-electron chi connectivity index (χ0n) is 9.98. The monoisotopic (exact) mass is 313 g/mol. The fourth-order valence-electron chi connectivity index (χ4n) is 1.92. The normalized spacial score (nSPS) is 12.9. The molecule has 3 nitrogen and oxygen atoms in total. The number of rotatable bonds is 5. The molecule has 0 aliphatic carbocycles. The zero-order valence-corrected chi connectivity index (χ0v) is 12.4. The van der Waals surface area contributed by atoms with Crippen LogP contribution >= 0.6 is 27.3 Å². The van der Waals surface area contributed by atoms with Gasteiger partial charge in [0.1, 0.15) is 0 Å². The Bertz CT molecular complexity index is 464. The Kier molecular flexibility index (Phi) is 4.36. The van der Waals surface area contributed by atoms with Gasteiger partial charge in [0.15, 0.2) is 0 Å². The largest absolute Gasteiger partial charge is 0.307 e. The van der Waals surface area contributed by atoms with Crippen molar-refractivity contribution in [2.75, 3.05) is 7.05 Å². The molecular formula is C12H16BrN3S. The predicted molar refractivity (Wildman–Crippen MR) is 75.4 cm³/mol. The molecule has 1 atom stereocenters. The molecule has 0 aliphatic heterocycles. The van der Waals surface area contributed by atoms with Crippen molar-refractivity contribution in [2.24, 2.45) is 0 Å². The van der Waals surface area contributed by atoms with Gasteiger partial charge in [0.25, 0.3) is 0 Å². The van der Waals surface area contributed by atoms with E-state index in [2.05, 4.69) is 55.5 Å². The Morgan fingerprint density at radius 1 is 1.59 bits per heavy atom. The molecule has 0 aromatic carbocycles. The summed E-state index contributed by atoms with van der Waals surface area (Å²) in [5, 5.41) is 9.89. The van der Waals surface area contributed by atoms with Crippen molar-refractivity contribution in [1.82, 2.24) is 15.1 Å². The third-order valence-electron chi connectivity index (χ3n) is 2.66. The summed E-state index contributed by atoms with van der Waals surface area (Å²) in [4.78, 5) is 1.31. The fraction of sp³-hybridized carbons (Fsp3) is 0.417. The number of thiophene rings is 1. The van der Waals surface area contributed by atoms with Crippen LogP contribution in [-0.4, -0.2) is 16.8 Å². The number of hydrogen-bond donors (Lipinski definition) is 1. The molecule has 2 rings (SSSR count). The van der Waals surface area contributed by atoms with Crippen LogP contribution in [0.2, 0.25) is 0 Å². The lowest BCUT2D eigenvalue weighted by Crippen LogP contribution is -2.21. The van der Waals surface area contributed by atoms with Crippen molar-refractivity contribution in [3.05, 3.63) is 38.8 Å². The second kappa shape index (κ2) is 5.80. The van der Waals surface area contributed by atoms with Crippen LogP contribution in [0.25, 0.3) is 0 Å². The molecule has 92 valence electrons. The van der Waals surface area contributed by atoms with Crippen LogP contribution in [0.4, 0.5) is 0 Å². The van der Waals surface area contributed by atoms with Gasteiger partial charge in [-0.2, -0.15) is 5.10 Å². The summed E-state index contributed by atoms with van der Waals surface area (Å²) in [6.45, 7) is 3.11. The van der Waals surface area contributed by atoms with Crippen LogP contribution < -0.4 is 5.32 Å². The second-order valence-corrected chi connectivity index (χ2v) is 5.67. The first-order chi connectivity index (χ1) is 8.27. The summed E-state index contributed by atoms with van der Waals surface area (Å²) in [5.74, 6) is 0. The minimum absolute atomic E-state index is 0.207. The molecule has 0 bridgehead atoms. The van der Waals surface area contributed by atoms with Gasteiger partial charge in [-0.1, -0.05) is 13.0 Å². The highest BCUT2D eigenvalue weighted by Crippen LogP contribution is 2.30. The molecule has 2 heterocycles. The van der Waals surface area contributed by atoms with Crippen molar-refractivity contribution in [3.8, 4) is 0 Å². The maximum atomic E-state index is 4.42. The first-order valence-corrected chi connectivity index (χ1v) is 7.37. The first-order valence-electron chi connectivity index (χ1n) is 5.69. The molecule has 1 unspecified atom stereocenters. The van der Waals surface area contributed by atoms with Gasteiger partial charge < -0.3 is 5.32 Å². The van der Waals surface area contributed by atoms with Gasteiger partial charge in [0.2, 0.25) is 0 Å². The summed E-state index contributed by atoms with van der Waals surface area (Å²) in [5.41, 5.74) is 1.21. The minimum atomic E-state index is 0.207. The smallest absolute Gasteiger partial charge is 0.0850 e. The van der Waals surface area contributed by atoms with Gasteiger partial charge in [0.05, 0.1) is 22.4 Å². The van der Waals surface area contributed by atoms with E-state index in [9.17, 15) is 0 Å². The van der Waals surface area contributed by atoms with Crippen molar-refractivity contribution >= 4 is 27.3 Å². The van der Waals surface area contributed by atoms with Crippen molar-refractivity contribution in [2.45, 2.75) is 25.9 Å². The second-order valence-electron chi connectivity index (χ2n) is 3.84. The fourth-order valence-corrected chi connectivity index (χ4v) is 3.28. The lowest BCUT2D eigenvalue weighted by molar-refractivity contribution is 0.536. The molecule has 0 aliphatic rings. The van der Waals surface area contributed by atoms with E-state index in [1.165, 1.54) is 10.6 Å². The van der Waals surface area contributed by atoms with Gasteiger partial charge in [0, 0.05) is 11.4 Å². The molecule has 2 aromatic rings. The molecule has 5 heteroatoms. The highest BCUT2D eigenvalue weighted by atomic mass is 79.9. The number of nitrogens with one attached hydrogen (secondary N) is 1. The third kappa shape index (κ3) is 2.61. The zero-order chi connectivity index (χ0) is 12.3. The maximum Gasteiger partial charge on any atom is 0.0850 e. The molecule has 0 saturated heterocycles. The summed E-state index contributed by atoms with van der Waals surface area (Å²) in [6.07, 6.45) is 2.96. The molecule has 1 N–H and O–H groups in total. The molecule has 17 heavy (non-hydrogen) atoms. The maximum absolute atomic E-state index is 4.42. The van der Waals surface area contributed by atoms with Crippen LogP contribution in [-0.2, 0) is 6.54 Å². The van der Waals surface area contributed by atoms with Gasteiger partial charge >= 0.3 is 0 Å². The number of hydrogen-bond acceptors (Lipinski definition) is 3. The molecule has 2 aromatic heterocycles. The van der Waals surface area contributed by atoms with E-state index < -0.39 is 0 Å². The first kappa shape index (κ1) is 12.8. The summed E-state index contributed by atoms with van der Waals surface area (Å²) >= 11 is 5.36. The standard InChI is InChI=1S/C12H16BrN3S/c1-3-6-16-12(9(13)8-15-16)11(14-2)10-5-4-7-17-10/h4-5,7-8,11,14H,3,6H2,1-2H3. The Balaban J connectivity index is 2.39. The van der Waals surface area contributed by atoms with Crippen LogP contribution in [0.5, 0.6) is 0 Å². The number of nitrogens with zero attached hydrogens (tertiary/aromatic N) is 2. The Morgan fingerprint density at radius 3 is 3.00 bits per heavy atom. The van der Waals surface area contributed by atoms with Crippen LogP contribution in [0, 0.1) is 0 Å². The van der Waals surface area contributed by atoms with Crippen LogP contribution in [0.3, 0.4) is 0 Å². The molecule has 0 saturated carbocycles. The molecular weight excluding hydrogens is 298 g/mol. The van der Waals surface area contributed by atoms with Crippen molar-refractivity contribution in [3.63, 3.8) is 0 Å². The molecule has 0 spiro atoms. The van der Waals surface area contributed by atoms with E-state index in [0.717, 1.165) is 17.4 Å². The van der Waals surface area contributed by atoms with E-state index in [1.54, 1.807) is 11.3 Å². The van der Waals surface area contributed by atoms with Crippen molar-refractivity contribution in [1.29, 1.82) is 0 Å². The summed E-state index contributed by atoms with van der Waals surface area (Å²) < 4.78 is 3.14. The quantitative estimate of drug-likeness (QED) is 0.916. The number of aromatic nitrogens is 2. The molecule has 0 amide bonds. The van der Waals surface area contributed by atoms with Crippen molar-refractivity contribution < 1.29 is 0 Å². The summed E-state index contributed by atoms with van der Waals surface area (Å²) in [6, 6.07) is 4.44. The number of aryl methyl sites for hydroxylation is 1. The van der Waals surface area contributed by atoms with E-state index in [4.69, 9.17) is 0 Å². The minimum Gasteiger partial charge on any atom is -0.307 e. The molecule has 0 fully saturated rings. The third-order valence-corrected chi connectivity index (χ3v) is 4.21. The van der Waals surface area contributed by atoms with Gasteiger partial charge in [-0.15, -0.1) is 11.3 Å². The van der Waals surface area contributed by atoms with E-state index in [1.807, 2.05) is 13.2 Å². The van der Waals surface area contributed by atoms with Gasteiger partial charge in [-0.25, -0.2) is 0 Å². The average molecular weight is 314 g/mol. The lowest BCUT2D eigenvalue weighted by atomic mass is 10.1. The highest BCUT2D eigenvalue weighted by Gasteiger charge is 2.20.